The molecule has 0 aliphatic carbocycles. The van der Waals surface area contributed by atoms with E-state index in [0.717, 1.165) is 11.4 Å². The third kappa shape index (κ3) is 7.57. The van der Waals surface area contributed by atoms with Crippen LogP contribution < -0.4 is 16.0 Å². The Balaban J connectivity index is 2.15. The third-order valence-corrected chi connectivity index (χ3v) is 3.18. The van der Waals surface area contributed by atoms with Crippen LogP contribution in [0.4, 0.5) is 5.82 Å². The van der Waals surface area contributed by atoms with Crippen LogP contribution in [-0.4, -0.2) is 49.0 Å². The lowest BCUT2D eigenvalue weighted by Crippen LogP contribution is -2.44. The Morgan fingerprint density at radius 1 is 1.29 bits per heavy atom. The number of nitrogens with one attached hydrogen (secondary N) is 3. The zero-order chi connectivity index (χ0) is 17.9. The number of esters is 1. The number of carbonyl (C=O) groups excluding carboxylic acids is 3. The Bertz CT molecular complexity index is 577. The molecule has 0 aliphatic rings. The van der Waals surface area contributed by atoms with E-state index in [0.29, 0.717) is 19.4 Å². The minimum atomic E-state index is -0.745. The summed E-state index contributed by atoms with van der Waals surface area (Å²) in [5.41, 5.74) is 1.11. The summed E-state index contributed by atoms with van der Waals surface area (Å²) in [6, 6.07) is 3.09. The van der Waals surface area contributed by atoms with Gasteiger partial charge in [-0.2, -0.15) is 0 Å². The van der Waals surface area contributed by atoms with Crippen molar-refractivity contribution in [3.63, 3.8) is 0 Å². The molecule has 0 spiro atoms. The number of aromatic nitrogens is 1. The van der Waals surface area contributed by atoms with E-state index in [4.69, 9.17) is 0 Å². The molecule has 0 aromatic carbocycles. The van der Waals surface area contributed by atoms with Crippen molar-refractivity contribution in [2.24, 2.45) is 0 Å². The van der Waals surface area contributed by atoms with Crippen molar-refractivity contribution in [3.8, 4) is 0 Å². The van der Waals surface area contributed by atoms with Crippen LogP contribution in [0.2, 0.25) is 0 Å². The van der Waals surface area contributed by atoms with Crippen molar-refractivity contribution >= 4 is 23.6 Å². The zero-order valence-electron chi connectivity index (χ0n) is 14.2. The van der Waals surface area contributed by atoms with Gasteiger partial charge in [0.25, 0.3) is 0 Å². The van der Waals surface area contributed by atoms with Gasteiger partial charge in [-0.1, -0.05) is 0 Å². The van der Waals surface area contributed by atoms with Gasteiger partial charge in [-0.25, -0.2) is 9.78 Å². The molecule has 0 saturated carbocycles. The van der Waals surface area contributed by atoms with E-state index in [-0.39, 0.29) is 12.5 Å². The molecule has 132 valence electrons. The first-order chi connectivity index (χ1) is 11.4. The Morgan fingerprint density at radius 2 is 2.04 bits per heavy atom. The summed E-state index contributed by atoms with van der Waals surface area (Å²) in [5.74, 6) is -0.435. The number of anilines is 1. The fourth-order valence-electron chi connectivity index (χ4n) is 1.89. The molecule has 3 N–H and O–H groups in total. The first-order valence-corrected chi connectivity index (χ1v) is 7.72. The molecule has 1 atom stereocenters. The van der Waals surface area contributed by atoms with Gasteiger partial charge in [0.2, 0.25) is 11.8 Å². The van der Waals surface area contributed by atoms with Gasteiger partial charge in [-0.3, -0.25) is 9.59 Å². The lowest BCUT2D eigenvalue weighted by atomic mass is 10.2. The van der Waals surface area contributed by atoms with Crippen LogP contribution in [0.15, 0.2) is 18.3 Å². The monoisotopic (exact) mass is 336 g/mol. The van der Waals surface area contributed by atoms with Crippen molar-refractivity contribution < 1.29 is 19.1 Å². The molecular formula is C16H24N4O4. The highest BCUT2D eigenvalue weighted by Gasteiger charge is 2.15. The molecule has 0 radical (unpaired) electrons. The summed E-state index contributed by atoms with van der Waals surface area (Å²) in [7, 11) is 1.24. The van der Waals surface area contributed by atoms with E-state index in [9.17, 15) is 14.4 Å². The van der Waals surface area contributed by atoms with Gasteiger partial charge in [-0.05, 0) is 38.0 Å². The highest BCUT2D eigenvalue weighted by atomic mass is 16.5. The van der Waals surface area contributed by atoms with E-state index in [1.165, 1.54) is 14.0 Å². The summed E-state index contributed by atoms with van der Waals surface area (Å²) < 4.78 is 4.49. The van der Waals surface area contributed by atoms with Crippen LogP contribution in [0.3, 0.4) is 0 Å². The lowest BCUT2D eigenvalue weighted by Gasteiger charge is -2.12. The summed E-state index contributed by atoms with van der Waals surface area (Å²) in [6.45, 7) is 3.92. The number of hydrogen-bond acceptors (Lipinski definition) is 6. The zero-order valence-corrected chi connectivity index (χ0v) is 14.2. The number of methoxy groups -OCH3 is 1. The highest BCUT2D eigenvalue weighted by Crippen LogP contribution is 2.05. The predicted octanol–water partition coefficient (Wildman–Crippen LogP) is 0.376. The Morgan fingerprint density at radius 3 is 2.71 bits per heavy atom. The maximum absolute atomic E-state index is 11.7. The Kier molecular flexibility index (Phi) is 8.24. The maximum Gasteiger partial charge on any atom is 0.328 e. The molecular weight excluding hydrogens is 312 g/mol. The fourth-order valence-corrected chi connectivity index (χ4v) is 1.89. The molecule has 8 heteroatoms. The quantitative estimate of drug-likeness (QED) is 0.444. The van der Waals surface area contributed by atoms with E-state index < -0.39 is 17.9 Å². The van der Waals surface area contributed by atoms with E-state index in [2.05, 4.69) is 25.7 Å². The molecule has 1 rings (SSSR count). The van der Waals surface area contributed by atoms with Crippen molar-refractivity contribution in [1.82, 2.24) is 15.6 Å². The average Bonchev–Trinajstić information content (AvgIpc) is 2.56. The van der Waals surface area contributed by atoms with E-state index in [1.807, 2.05) is 19.1 Å². The number of carbonyl (C=O) groups is 3. The van der Waals surface area contributed by atoms with Gasteiger partial charge in [0.05, 0.1) is 13.7 Å². The van der Waals surface area contributed by atoms with E-state index >= 15 is 0 Å². The highest BCUT2D eigenvalue weighted by molar-refractivity contribution is 5.88. The molecule has 0 saturated heterocycles. The normalized spacial score (nSPS) is 11.3. The predicted molar refractivity (Wildman–Crippen MR) is 89.3 cm³/mol. The smallest absolute Gasteiger partial charge is 0.328 e. The van der Waals surface area contributed by atoms with Gasteiger partial charge in [-0.15, -0.1) is 0 Å². The van der Waals surface area contributed by atoms with Crippen LogP contribution in [-0.2, 0) is 19.1 Å². The van der Waals surface area contributed by atoms with Crippen molar-refractivity contribution in [2.75, 3.05) is 25.5 Å². The van der Waals surface area contributed by atoms with Gasteiger partial charge in [0.1, 0.15) is 11.9 Å². The van der Waals surface area contributed by atoms with Gasteiger partial charge in [0.15, 0.2) is 0 Å². The maximum atomic E-state index is 11.7. The molecule has 0 fully saturated rings. The van der Waals surface area contributed by atoms with Crippen LogP contribution >= 0.6 is 0 Å². The molecule has 1 heterocycles. The topological polar surface area (TPSA) is 109 Å². The minimum absolute atomic E-state index is 0.174. The number of aryl methyl sites for hydroxylation is 1. The van der Waals surface area contributed by atoms with Crippen molar-refractivity contribution in [2.45, 2.75) is 32.7 Å². The van der Waals surface area contributed by atoms with Crippen LogP contribution in [0, 0.1) is 6.92 Å². The summed E-state index contributed by atoms with van der Waals surface area (Å²) in [6.07, 6.45) is 2.62. The first-order valence-electron chi connectivity index (χ1n) is 7.72. The SMILES string of the molecule is COC(=O)C(C)NC(=O)CNC(=O)CCCNc1cc(C)ccn1. The number of hydrogen-bond donors (Lipinski definition) is 3. The molecule has 24 heavy (non-hydrogen) atoms. The molecule has 0 bridgehead atoms. The number of pyridine rings is 1. The second-order valence-corrected chi connectivity index (χ2v) is 5.34. The minimum Gasteiger partial charge on any atom is -0.467 e. The number of amides is 2. The van der Waals surface area contributed by atoms with Gasteiger partial charge >= 0.3 is 5.97 Å². The third-order valence-electron chi connectivity index (χ3n) is 3.18. The second-order valence-electron chi connectivity index (χ2n) is 5.34. The number of rotatable bonds is 9. The molecule has 1 aromatic rings. The van der Waals surface area contributed by atoms with E-state index in [1.54, 1.807) is 6.20 Å². The van der Waals surface area contributed by atoms with Crippen LogP contribution in [0.1, 0.15) is 25.3 Å². The summed E-state index contributed by atoms with van der Waals surface area (Å²) in [4.78, 5) is 38.6. The molecule has 0 aliphatic heterocycles. The fraction of sp³-hybridized carbons (Fsp3) is 0.500. The molecule has 2 amide bonds. The van der Waals surface area contributed by atoms with Crippen LogP contribution in [0.25, 0.3) is 0 Å². The first kappa shape index (κ1) is 19.4. The van der Waals surface area contributed by atoms with Crippen molar-refractivity contribution in [1.29, 1.82) is 0 Å². The standard InChI is InChI=1S/C16H24N4O4/c1-11-6-8-18-13(9-11)17-7-4-5-14(21)19-10-15(22)20-12(2)16(23)24-3/h6,8-9,12H,4-5,7,10H2,1-3H3,(H,17,18)(H,19,21)(H,20,22). The number of ether oxygens (including phenoxy) is 1. The second kappa shape index (κ2) is 10.2. The van der Waals surface area contributed by atoms with Gasteiger partial charge < -0.3 is 20.7 Å². The summed E-state index contributed by atoms with van der Waals surface area (Å²) in [5, 5.41) is 8.07. The summed E-state index contributed by atoms with van der Waals surface area (Å²) >= 11 is 0. The molecule has 1 unspecified atom stereocenters. The van der Waals surface area contributed by atoms with Gasteiger partial charge in [0, 0.05) is 19.2 Å². The van der Waals surface area contributed by atoms with Crippen molar-refractivity contribution in [3.05, 3.63) is 23.9 Å². The Hall–Kier alpha value is -2.64. The lowest BCUT2D eigenvalue weighted by molar-refractivity contribution is -0.144. The largest absolute Gasteiger partial charge is 0.467 e. The average molecular weight is 336 g/mol. The Labute approximate surface area is 141 Å². The van der Waals surface area contributed by atoms with Crippen LogP contribution in [0.5, 0.6) is 0 Å². The molecule has 1 aromatic heterocycles. The molecule has 8 nitrogen and oxygen atoms in total. The number of nitrogens with zero attached hydrogens (tertiary/aromatic N) is 1.